The Labute approximate surface area is 169 Å². The molecule has 1 N–H and O–H groups in total. The quantitative estimate of drug-likeness (QED) is 0.540. The fraction of sp³-hybridized carbons (Fsp3) is 0.261. The fourth-order valence-corrected chi connectivity index (χ4v) is 3.69. The van der Waals surface area contributed by atoms with Gasteiger partial charge >= 0.3 is 0 Å². The molecule has 6 nitrogen and oxygen atoms in total. The highest BCUT2D eigenvalue weighted by Crippen LogP contribution is 2.23. The summed E-state index contributed by atoms with van der Waals surface area (Å²) in [5.74, 6) is 0.679. The third-order valence-electron chi connectivity index (χ3n) is 5.15. The van der Waals surface area contributed by atoms with Crippen LogP contribution in [0.4, 0.5) is 0 Å². The van der Waals surface area contributed by atoms with E-state index in [1.54, 1.807) is 6.26 Å². The Bertz CT molecular complexity index is 1130. The Morgan fingerprint density at radius 1 is 1.14 bits per heavy atom. The van der Waals surface area contributed by atoms with E-state index in [1.165, 1.54) is 0 Å². The highest BCUT2D eigenvalue weighted by molar-refractivity contribution is 5.77. The van der Waals surface area contributed by atoms with Crippen LogP contribution in [0.1, 0.15) is 46.4 Å². The molecule has 1 aromatic carbocycles. The summed E-state index contributed by atoms with van der Waals surface area (Å²) in [5.41, 5.74) is 5.78. The molecule has 0 saturated carbocycles. The average Bonchev–Trinajstić information content (AvgIpc) is 3.36. The van der Waals surface area contributed by atoms with Crippen molar-refractivity contribution >= 4 is 11.6 Å². The molecule has 148 valence electrons. The second kappa shape index (κ2) is 7.91. The summed E-state index contributed by atoms with van der Waals surface area (Å²) in [6, 6.07) is 15.2. The molecule has 0 spiro atoms. The number of carbonyl (C=O) groups is 1. The predicted molar refractivity (Wildman–Crippen MR) is 111 cm³/mol. The first-order valence-electron chi connectivity index (χ1n) is 9.73. The van der Waals surface area contributed by atoms with Crippen molar-refractivity contribution in [3.05, 3.63) is 88.8 Å². The van der Waals surface area contributed by atoms with Crippen molar-refractivity contribution in [1.29, 1.82) is 0 Å². The Balaban J connectivity index is 1.51. The molecule has 0 aliphatic rings. The average molecular weight is 388 g/mol. The van der Waals surface area contributed by atoms with Crippen molar-refractivity contribution in [1.82, 2.24) is 19.9 Å². The van der Waals surface area contributed by atoms with Crippen LogP contribution in [0.15, 0.2) is 59.2 Å². The van der Waals surface area contributed by atoms with Gasteiger partial charge in [-0.15, -0.1) is 0 Å². The third kappa shape index (κ3) is 3.92. The molecule has 3 aromatic heterocycles. The van der Waals surface area contributed by atoms with Gasteiger partial charge < -0.3 is 9.73 Å². The summed E-state index contributed by atoms with van der Waals surface area (Å²) in [4.78, 5) is 17.4. The topological polar surface area (TPSA) is 72.4 Å². The maximum atomic E-state index is 12.8. The van der Waals surface area contributed by atoms with E-state index in [4.69, 9.17) is 4.42 Å². The minimum absolute atomic E-state index is 0.0363. The molecule has 1 amide bonds. The minimum Gasteiger partial charge on any atom is -0.467 e. The number of benzene rings is 1. The van der Waals surface area contributed by atoms with Gasteiger partial charge in [-0.1, -0.05) is 30.3 Å². The van der Waals surface area contributed by atoms with E-state index in [-0.39, 0.29) is 11.9 Å². The number of nitrogens with zero attached hydrogens (tertiary/aromatic N) is 3. The fourth-order valence-electron chi connectivity index (χ4n) is 3.69. The van der Waals surface area contributed by atoms with Crippen LogP contribution in [0.2, 0.25) is 0 Å². The lowest BCUT2D eigenvalue weighted by atomic mass is 10.0. The molecular weight excluding hydrogens is 364 g/mol. The first-order chi connectivity index (χ1) is 14.0. The number of hydrogen-bond acceptors (Lipinski definition) is 4. The van der Waals surface area contributed by atoms with Crippen LogP contribution >= 0.6 is 0 Å². The number of fused-ring (bicyclic) bond motifs is 1. The molecule has 4 aromatic rings. The monoisotopic (exact) mass is 388 g/mol. The first kappa shape index (κ1) is 18.9. The van der Waals surface area contributed by atoms with Crippen molar-refractivity contribution < 1.29 is 9.21 Å². The largest absolute Gasteiger partial charge is 0.467 e. The van der Waals surface area contributed by atoms with Gasteiger partial charge in [0.05, 0.1) is 12.0 Å². The maximum Gasteiger partial charge on any atom is 0.221 e. The zero-order chi connectivity index (χ0) is 20.4. The van der Waals surface area contributed by atoms with Crippen molar-refractivity contribution in [2.24, 2.45) is 0 Å². The third-order valence-corrected chi connectivity index (χ3v) is 5.15. The van der Waals surface area contributed by atoms with Gasteiger partial charge in [-0.25, -0.2) is 9.50 Å². The summed E-state index contributed by atoms with van der Waals surface area (Å²) >= 11 is 0. The lowest BCUT2D eigenvalue weighted by Crippen LogP contribution is -2.29. The number of nitrogens with one attached hydrogen (secondary N) is 1. The van der Waals surface area contributed by atoms with Crippen LogP contribution < -0.4 is 5.32 Å². The minimum atomic E-state index is -0.310. The second-order valence-electron chi connectivity index (χ2n) is 7.24. The molecule has 6 heteroatoms. The molecule has 1 unspecified atom stereocenters. The molecule has 0 aliphatic carbocycles. The van der Waals surface area contributed by atoms with Crippen LogP contribution in [0.5, 0.6) is 0 Å². The SMILES string of the molecule is Cc1cc2nc(C)c(CCC(=O)NC(c3ccccc3)c3ccco3)c(C)n2n1. The zero-order valence-corrected chi connectivity index (χ0v) is 16.8. The van der Waals surface area contributed by atoms with Crippen LogP contribution in [0.25, 0.3) is 5.65 Å². The van der Waals surface area contributed by atoms with Gasteiger partial charge in [0.1, 0.15) is 11.8 Å². The van der Waals surface area contributed by atoms with Crippen LogP contribution in [0.3, 0.4) is 0 Å². The standard InChI is InChI=1S/C23H24N4O2/c1-15-14-21-24-16(2)19(17(3)27(21)26-15)11-12-22(28)25-23(20-10-7-13-29-20)18-8-5-4-6-9-18/h4-10,13-14,23H,11-12H2,1-3H3,(H,25,28). The molecule has 0 aliphatic heterocycles. The maximum absolute atomic E-state index is 12.8. The number of carbonyl (C=O) groups excluding carboxylic acids is 1. The van der Waals surface area contributed by atoms with E-state index in [0.717, 1.165) is 33.9 Å². The number of rotatable bonds is 6. The van der Waals surface area contributed by atoms with E-state index < -0.39 is 0 Å². The van der Waals surface area contributed by atoms with Crippen molar-refractivity contribution in [2.75, 3.05) is 0 Å². The molecular formula is C23H24N4O2. The van der Waals surface area contributed by atoms with E-state index >= 15 is 0 Å². The van der Waals surface area contributed by atoms with Crippen LogP contribution in [-0.4, -0.2) is 20.5 Å². The number of amides is 1. The highest BCUT2D eigenvalue weighted by Gasteiger charge is 2.20. The lowest BCUT2D eigenvalue weighted by Gasteiger charge is -2.18. The summed E-state index contributed by atoms with van der Waals surface area (Å²) in [6.45, 7) is 5.96. The summed E-state index contributed by atoms with van der Waals surface area (Å²) in [6.07, 6.45) is 2.58. The number of aromatic nitrogens is 3. The van der Waals surface area contributed by atoms with E-state index in [0.29, 0.717) is 18.6 Å². The Morgan fingerprint density at radius 2 is 1.93 bits per heavy atom. The molecule has 29 heavy (non-hydrogen) atoms. The van der Waals surface area contributed by atoms with Crippen molar-refractivity contribution in [3.8, 4) is 0 Å². The van der Waals surface area contributed by atoms with E-state index in [9.17, 15) is 4.79 Å². The highest BCUT2D eigenvalue weighted by atomic mass is 16.3. The van der Waals surface area contributed by atoms with Gasteiger partial charge in [-0.3, -0.25) is 4.79 Å². The Hall–Kier alpha value is -3.41. The molecule has 3 heterocycles. The van der Waals surface area contributed by atoms with Crippen molar-refractivity contribution in [3.63, 3.8) is 0 Å². The molecule has 0 saturated heterocycles. The summed E-state index contributed by atoms with van der Waals surface area (Å²) in [7, 11) is 0. The smallest absolute Gasteiger partial charge is 0.221 e. The van der Waals surface area contributed by atoms with E-state index in [1.807, 2.05) is 73.8 Å². The number of hydrogen-bond donors (Lipinski definition) is 1. The molecule has 0 radical (unpaired) electrons. The first-order valence-corrected chi connectivity index (χ1v) is 9.73. The molecule has 0 bridgehead atoms. The van der Waals surface area contributed by atoms with Gasteiger partial charge in [-0.05, 0) is 50.5 Å². The number of aryl methyl sites for hydroxylation is 3. The molecule has 0 fully saturated rings. The Morgan fingerprint density at radius 3 is 2.66 bits per heavy atom. The normalized spacial score (nSPS) is 12.2. The van der Waals surface area contributed by atoms with Crippen LogP contribution in [0, 0.1) is 20.8 Å². The molecule has 4 rings (SSSR count). The van der Waals surface area contributed by atoms with Gasteiger partial charge in [0.25, 0.3) is 0 Å². The lowest BCUT2D eigenvalue weighted by molar-refractivity contribution is -0.121. The molecule has 1 atom stereocenters. The summed E-state index contributed by atoms with van der Waals surface area (Å²) in [5, 5.41) is 7.62. The number of furan rings is 1. The van der Waals surface area contributed by atoms with Gasteiger partial charge in [0, 0.05) is 23.9 Å². The zero-order valence-electron chi connectivity index (χ0n) is 16.8. The Kier molecular flexibility index (Phi) is 5.16. The van der Waals surface area contributed by atoms with Gasteiger partial charge in [-0.2, -0.15) is 5.10 Å². The van der Waals surface area contributed by atoms with E-state index in [2.05, 4.69) is 15.4 Å². The predicted octanol–water partition coefficient (Wildman–Crippen LogP) is 4.09. The van der Waals surface area contributed by atoms with Gasteiger partial charge in [0.2, 0.25) is 5.91 Å². The van der Waals surface area contributed by atoms with Crippen LogP contribution in [-0.2, 0) is 11.2 Å². The van der Waals surface area contributed by atoms with Gasteiger partial charge in [0.15, 0.2) is 5.65 Å². The summed E-state index contributed by atoms with van der Waals surface area (Å²) < 4.78 is 7.42. The second-order valence-corrected chi connectivity index (χ2v) is 7.24. The van der Waals surface area contributed by atoms with Crippen molar-refractivity contribution in [2.45, 2.75) is 39.7 Å².